The summed E-state index contributed by atoms with van der Waals surface area (Å²) < 4.78 is 5.95. The van der Waals surface area contributed by atoms with Crippen LogP contribution in [0.1, 0.15) is 6.42 Å². The SMILES string of the molecule is C[Si](C)(C)CCOC(=O)NC1CCN(c2ccc([N+](=O)[O-])cc2Br)C1. The van der Waals surface area contributed by atoms with Crippen molar-refractivity contribution in [1.82, 2.24) is 5.32 Å². The molecule has 25 heavy (non-hydrogen) atoms. The fraction of sp³-hybridized carbons (Fsp3) is 0.562. The highest BCUT2D eigenvalue weighted by Crippen LogP contribution is 2.32. The average Bonchev–Trinajstić information content (AvgIpc) is 2.93. The molecule has 7 nitrogen and oxygen atoms in total. The molecule has 1 aliphatic rings. The highest BCUT2D eigenvalue weighted by molar-refractivity contribution is 9.10. The normalized spacial score (nSPS) is 17.4. The number of anilines is 1. The van der Waals surface area contributed by atoms with Crippen LogP contribution in [0.3, 0.4) is 0 Å². The topological polar surface area (TPSA) is 84.7 Å². The molecule has 1 N–H and O–H groups in total. The molecule has 1 aromatic carbocycles. The third-order valence-electron chi connectivity index (χ3n) is 4.08. The number of carbonyl (C=O) groups excluding carboxylic acids is 1. The number of nitrogens with one attached hydrogen (secondary N) is 1. The van der Waals surface area contributed by atoms with E-state index in [0.29, 0.717) is 17.6 Å². The number of rotatable bonds is 6. The minimum Gasteiger partial charge on any atom is -0.450 e. The number of benzene rings is 1. The Morgan fingerprint density at radius 3 is 2.80 bits per heavy atom. The van der Waals surface area contributed by atoms with E-state index in [1.165, 1.54) is 12.1 Å². The molecule has 1 atom stereocenters. The van der Waals surface area contributed by atoms with Crippen LogP contribution in [0.15, 0.2) is 22.7 Å². The summed E-state index contributed by atoms with van der Waals surface area (Å²) in [5.41, 5.74) is 0.942. The zero-order valence-corrected chi connectivity index (χ0v) is 17.3. The highest BCUT2D eigenvalue weighted by Gasteiger charge is 2.26. The molecular formula is C16H24BrN3O4Si. The molecule has 0 aromatic heterocycles. The zero-order chi connectivity index (χ0) is 18.6. The van der Waals surface area contributed by atoms with E-state index in [-0.39, 0.29) is 17.8 Å². The van der Waals surface area contributed by atoms with E-state index >= 15 is 0 Å². The van der Waals surface area contributed by atoms with Crippen LogP contribution in [-0.4, -0.2) is 44.8 Å². The Balaban J connectivity index is 1.85. The molecular weight excluding hydrogens is 406 g/mol. The molecule has 0 spiro atoms. The summed E-state index contributed by atoms with van der Waals surface area (Å²) in [6.45, 7) is 8.61. The number of nitro groups is 1. The first-order valence-corrected chi connectivity index (χ1v) is 12.8. The monoisotopic (exact) mass is 429 g/mol. The number of nitrogens with zero attached hydrogens (tertiary/aromatic N) is 2. The van der Waals surface area contributed by atoms with Crippen LogP contribution in [0.25, 0.3) is 0 Å². The molecule has 1 unspecified atom stereocenters. The van der Waals surface area contributed by atoms with Crippen molar-refractivity contribution in [3.05, 3.63) is 32.8 Å². The fourth-order valence-electron chi connectivity index (χ4n) is 2.62. The van der Waals surface area contributed by atoms with Crippen LogP contribution in [-0.2, 0) is 4.74 Å². The Kier molecular flexibility index (Phi) is 6.45. The second kappa shape index (κ2) is 8.18. The maximum Gasteiger partial charge on any atom is 0.407 e. The minimum absolute atomic E-state index is 0.0153. The number of halogens is 1. The maximum absolute atomic E-state index is 11.9. The van der Waals surface area contributed by atoms with Gasteiger partial charge in [-0.05, 0) is 34.5 Å². The Morgan fingerprint density at radius 2 is 2.20 bits per heavy atom. The zero-order valence-electron chi connectivity index (χ0n) is 14.8. The summed E-state index contributed by atoms with van der Waals surface area (Å²) in [4.78, 5) is 24.4. The van der Waals surface area contributed by atoms with Gasteiger partial charge in [0.05, 0.1) is 23.3 Å². The van der Waals surface area contributed by atoms with Gasteiger partial charge in [-0.25, -0.2) is 4.79 Å². The molecule has 1 saturated heterocycles. The van der Waals surface area contributed by atoms with Crippen LogP contribution >= 0.6 is 15.9 Å². The van der Waals surface area contributed by atoms with E-state index in [4.69, 9.17) is 4.74 Å². The first-order valence-electron chi connectivity index (χ1n) is 8.28. The average molecular weight is 430 g/mol. The van der Waals surface area contributed by atoms with Crippen LogP contribution < -0.4 is 10.2 Å². The first kappa shape index (κ1) is 19.7. The molecule has 1 aromatic rings. The number of hydrogen-bond donors (Lipinski definition) is 1. The van der Waals surface area contributed by atoms with Crippen molar-refractivity contribution < 1.29 is 14.5 Å². The molecule has 1 amide bonds. The lowest BCUT2D eigenvalue weighted by atomic mass is 10.2. The van der Waals surface area contributed by atoms with E-state index in [1.54, 1.807) is 6.07 Å². The van der Waals surface area contributed by atoms with Gasteiger partial charge >= 0.3 is 6.09 Å². The fourth-order valence-corrected chi connectivity index (χ4v) is 3.95. The lowest BCUT2D eigenvalue weighted by molar-refractivity contribution is -0.384. The van der Waals surface area contributed by atoms with Gasteiger partial charge in [0.2, 0.25) is 0 Å². The van der Waals surface area contributed by atoms with Crippen LogP contribution in [0.2, 0.25) is 25.7 Å². The maximum atomic E-state index is 11.9. The molecule has 0 radical (unpaired) electrons. The van der Waals surface area contributed by atoms with Crippen molar-refractivity contribution in [3.8, 4) is 0 Å². The van der Waals surface area contributed by atoms with Crippen LogP contribution in [0, 0.1) is 10.1 Å². The second-order valence-corrected chi connectivity index (χ2v) is 13.9. The van der Waals surface area contributed by atoms with E-state index in [9.17, 15) is 14.9 Å². The van der Waals surface area contributed by atoms with Crippen molar-refractivity contribution in [3.63, 3.8) is 0 Å². The van der Waals surface area contributed by atoms with E-state index in [2.05, 4.69) is 45.8 Å². The van der Waals surface area contributed by atoms with Gasteiger partial charge in [-0.1, -0.05) is 19.6 Å². The van der Waals surface area contributed by atoms with Crippen LogP contribution in [0.4, 0.5) is 16.2 Å². The molecule has 0 bridgehead atoms. The molecule has 1 aliphatic heterocycles. The molecule has 138 valence electrons. The number of carbonyl (C=O) groups is 1. The largest absolute Gasteiger partial charge is 0.450 e. The molecule has 1 heterocycles. The van der Waals surface area contributed by atoms with E-state index < -0.39 is 13.0 Å². The van der Waals surface area contributed by atoms with Crippen molar-refractivity contribution in [2.45, 2.75) is 38.1 Å². The van der Waals surface area contributed by atoms with Crippen molar-refractivity contribution in [2.24, 2.45) is 0 Å². The number of hydrogen-bond acceptors (Lipinski definition) is 5. The lowest BCUT2D eigenvalue weighted by Gasteiger charge is -2.20. The second-order valence-electron chi connectivity index (χ2n) is 7.42. The molecule has 0 aliphatic carbocycles. The quantitative estimate of drug-likeness (QED) is 0.419. The summed E-state index contributed by atoms with van der Waals surface area (Å²) in [6, 6.07) is 5.69. The van der Waals surface area contributed by atoms with Gasteiger partial charge in [0.25, 0.3) is 5.69 Å². The standard InChI is InChI=1S/C16H24BrN3O4Si/c1-25(2,3)9-8-24-16(21)18-12-6-7-19(11-12)15-5-4-13(20(22)23)10-14(15)17/h4-5,10,12H,6-9,11H2,1-3H3,(H,18,21). The first-order chi connectivity index (χ1) is 11.7. The van der Waals surface area contributed by atoms with Gasteiger partial charge < -0.3 is 15.0 Å². The number of non-ortho nitro benzene ring substituents is 1. The van der Waals surface area contributed by atoms with Gasteiger partial charge in [-0.3, -0.25) is 10.1 Å². The predicted octanol–water partition coefficient (Wildman–Crippen LogP) is 4.00. The minimum atomic E-state index is -1.21. The van der Waals surface area contributed by atoms with Crippen molar-refractivity contribution >= 4 is 41.5 Å². The third-order valence-corrected chi connectivity index (χ3v) is 6.42. The number of nitro benzene ring substituents is 1. The van der Waals surface area contributed by atoms with E-state index in [1.807, 2.05) is 0 Å². The summed E-state index contributed by atoms with van der Waals surface area (Å²) >= 11 is 3.39. The summed E-state index contributed by atoms with van der Waals surface area (Å²) in [5.74, 6) is 0. The number of ether oxygens (including phenoxy) is 1. The summed E-state index contributed by atoms with van der Waals surface area (Å²) in [5, 5.41) is 13.7. The lowest BCUT2D eigenvalue weighted by Crippen LogP contribution is -2.38. The Morgan fingerprint density at radius 1 is 1.48 bits per heavy atom. The van der Waals surface area contributed by atoms with Crippen molar-refractivity contribution in [2.75, 3.05) is 24.6 Å². The molecule has 1 fully saturated rings. The molecule has 2 rings (SSSR count). The molecule has 0 saturated carbocycles. The highest BCUT2D eigenvalue weighted by atomic mass is 79.9. The van der Waals surface area contributed by atoms with Gasteiger partial charge in [-0.15, -0.1) is 0 Å². The summed E-state index contributed by atoms with van der Waals surface area (Å²) in [6.07, 6.45) is 0.444. The smallest absolute Gasteiger partial charge is 0.407 e. The van der Waals surface area contributed by atoms with Crippen LogP contribution in [0.5, 0.6) is 0 Å². The van der Waals surface area contributed by atoms with Gasteiger partial charge in [0, 0.05) is 37.8 Å². The Labute approximate surface area is 157 Å². The number of alkyl carbamates (subject to hydrolysis) is 1. The third kappa shape index (κ3) is 6.00. The number of amides is 1. The van der Waals surface area contributed by atoms with Gasteiger partial charge in [0.1, 0.15) is 0 Å². The predicted molar refractivity (Wildman–Crippen MR) is 104 cm³/mol. The summed E-state index contributed by atoms with van der Waals surface area (Å²) in [7, 11) is -1.21. The van der Waals surface area contributed by atoms with E-state index in [0.717, 1.165) is 24.7 Å². The Hall–Kier alpha value is -1.61. The van der Waals surface area contributed by atoms with Crippen molar-refractivity contribution in [1.29, 1.82) is 0 Å². The molecule has 9 heteroatoms. The Bertz CT molecular complexity index is 651. The van der Waals surface area contributed by atoms with Gasteiger partial charge in [-0.2, -0.15) is 0 Å². The van der Waals surface area contributed by atoms with Gasteiger partial charge in [0.15, 0.2) is 0 Å².